The molecule has 0 spiro atoms. The molecule has 0 aliphatic heterocycles. The minimum atomic E-state index is -0.856. The number of nitrogens with zero attached hydrogens (tertiary/aromatic N) is 1. The van der Waals surface area contributed by atoms with Gasteiger partial charge in [0.05, 0.1) is 12.0 Å². The van der Waals surface area contributed by atoms with Gasteiger partial charge in [-0.05, 0) is 12.8 Å². The van der Waals surface area contributed by atoms with Gasteiger partial charge in [0, 0.05) is 12.4 Å². The molecule has 13 heavy (non-hydrogen) atoms. The van der Waals surface area contributed by atoms with E-state index >= 15 is 0 Å². The molecule has 1 fully saturated rings. The van der Waals surface area contributed by atoms with E-state index in [1.165, 1.54) is 10.8 Å². The molecule has 2 N–H and O–H groups in total. The topological polar surface area (TPSA) is 75.1 Å². The van der Waals surface area contributed by atoms with Crippen LogP contribution in [0.5, 0.6) is 0 Å². The summed E-state index contributed by atoms with van der Waals surface area (Å²) in [5.41, 5.74) is -0.665. The summed E-state index contributed by atoms with van der Waals surface area (Å²) in [5, 5.41) is 8.65. The third-order valence-electron chi connectivity index (χ3n) is 2.47. The highest BCUT2D eigenvalue weighted by Crippen LogP contribution is 2.45. The van der Waals surface area contributed by atoms with Crippen molar-refractivity contribution in [2.75, 3.05) is 0 Å². The lowest BCUT2D eigenvalue weighted by Crippen LogP contribution is -2.29. The molecule has 0 aromatic carbocycles. The second-order valence-electron chi connectivity index (χ2n) is 3.43. The van der Waals surface area contributed by atoms with Gasteiger partial charge in [-0.1, -0.05) is 0 Å². The number of H-pyrrole nitrogens is 1. The summed E-state index contributed by atoms with van der Waals surface area (Å²) in [6.45, 7) is 0. The first-order chi connectivity index (χ1) is 6.14. The number of carboxylic acids is 1. The number of carbonyl (C=O) groups is 1. The van der Waals surface area contributed by atoms with Crippen LogP contribution in [-0.2, 0) is 10.3 Å². The van der Waals surface area contributed by atoms with Crippen molar-refractivity contribution in [2.45, 2.75) is 24.8 Å². The number of carboxylic acid groups (broad SMARTS) is 1. The van der Waals surface area contributed by atoms with Crippen LogP contribution >= 0.6 is 0 Å². The van der Waals surface area contributed by atoms with E-state index in [2.05, 4.69) is 4.98 Å². The normalized spacial score (nSPS) is 18.5. The van der Waals surface area contributed by atoms with Gasteiger partial charge in [0.2, 0.25) is 0 Å². The average molecular weight is 182 g/mol. The molecule has 0 radical (unpaired) electrons. The highest BCUT2D eigenvalue weighted by Gasteiger charge is 2.47. The molecule has 0 saturated heterocycles. The second-order valence-corrected chi connectivity index (χ2v) is 3.43. The Bertz CT molecular complexity index is 386. The summed E-state index contributed by atoms with van der Waals surface area (Å²) in [4.78, 5) is 24.2. The van der Waals surface area contributed by atoms with Crippen LogP contribution < -0.4 is 5.69 Å². The Balaban J connectivity index is 2.31. The van der Waals surface area contributed by atoms with E-state index < -0.39 is 11.5 Å². The van der Waals surface area contributed by atoms with Crippen molar-refractivity contribution in [2.24, 2.45) is 0 Å². The minimum absolute atomic E-state index is 0.0325. The van der Waals surface area contributed by atoms with Crippen molar-refractivity contribution in [1.82, 2.24) is 9.55 Å². The monoisotopic (exact) mass is 182 g/mol. The maximum Gasteiger partial charge on any atom is 0.326 e. The number of rotatable bonds is 3. The third kappa shape index (κ3) is 1.26. The molecule has 0 bridgehead atoms. The predicted molar refractivity (Wildman–Crippen MR) is 44.5 cm³/mol. The van der Waals surface area contributed by atoms with Crippen LogP contribution in [0.25, 0.3) is 0 Å². The van der Waals surface area contributed by atoms with Gasteiger partial charge in [0.25, 0.3) is 0 Å². The molecular formula is C8H10N2O3. The highest BCUT2D eigenvalue weighted by atomic mass is 16.4. The number of aromatic amines is 1. The van der Waals surface area contributed by atoms with E-state index in [-0.39, 0.29) is 12.1 Å². The number of hydrogen-bond donors (Lipinski definition) is 2. The van der Waals surface area contributed by atoms with Gasteiger partial charge in [0.15, 0.2) is 0 Å². The zero-order valence-corrected chi connectivity index (χ0v) is 6.99. The van der Waals surface area contributed by atoms with Gasteiger partial charge in [-0.15, -0.1) is 0 Å². The summed E-state index contributed by atoms with van der Waals surface area (Å²) in [6.07, 6.45) is 4.72. The van der Waals surface area contributed by atoms with Crippen molar-refractivity contribution < 1.29 is 9.90 Å². The van der Waals surface area contributed by atoms with E-state index in [0.29, 0.717) is 0 Å². The van der Waals surface area contributed by atoms with Gasteiger partial charge in [-0.3, -0.25) is 9.36 Å². The zero-order chi connectivity index (χ0) is 9.47. The molecule has 70 valence electrons. The summed E-state index contributed by atoms with van der Waals surface area (Å²) >= 11 is 0. The zero-order valence-electron chi connectivity index (χ0n) is 6.99. The van der Waals surface area contributed by atoms with Crippen molar-refractivity contribution in [3.8, 4) is 0 Å². The lowest BCUT2D eigenvalue weighted by molar-refractivity contribution is -0.138. The van der Waals surface area contributed by atoms with Crippen LogP contribution in [0.15, 0.2) is 17.2 Å². The largest absolute Gasteiger partial charge is 0.481 e. The first-order valence-electron chi connectivity index (χ1n) is 4.12. The Morgan fingerprint density at radius 1 is 1.69 bits per heavy atom. The first kappa shape index (κ1) is 8.10. The summed E-state index contributed by atoms with van der Waals surface area (Å²) < 4.78 is 1.49. The van der Waals surface area contributed by atoms with E-state index in [4.69, 9.17) is 5.11 Å². The summed E-state index contributed by atoms with van der Waals surface area (Å²) in [5.74, 6) is -0.856. The van der Waals surface area contributed by atoms with E-state index in [0.717, 1.165) is 12.8 Å². The molecule has 1 heterocycles. The predicted octanol–water partition coefficient (Wildman–Crippen LogP) is 0.140. The standard InChI is InChI=1S/C8H10N2O3/c11-6(12)5-8(1-2-8)10-4-3-9-7(10)13/h3-4H,1-2,5H2,(H,9,13)(H,11,12). The number of aliphatic carboxylic acids is 1. The average Bonchev–Trinajstić information content (AvgIpc) is 2.65. The lowest BCUT2D eigenvalue weighted by Gasteiger charge is -2.12. The number of hydrogen-bond acceptors (Lipinski definition) is 2. The molecule has 1 saturated carbocycles. The molecule has 2 rings (SSSR count). The molecule has 5 heteroatoms. The minimum Gasteiger partial charge on any atom is -0.481 e. The molecule has 1 aliphatic carbocycles. The van der Waals surface area contributed by atoms with Gasteiger partial charge in [-0.2, -0.15) is 0 Å². The molecule has 5 nitrogen and oxygen atoms in total. The van der Waals surface area contributed by atoms with Crippen LogP contribution in [0.2, 0.25) is 0 Å². The van der Waals surface area contributed by atoms with E-state index in [1.54, 1.807) is 6.20 Å². The molecular weight excluding hydrogens is 172 g/mol. The third-order valence-corrected chi connectivity index (χ3v) is 2.47. The number of imidazole rings is 1. The van der Waals surface area contributed by atoms with Crippen molar-refractivity contribution in [1.29, 1.82) is 0 Å². The smallest absolute Gasteiger partial charge is 0.326 e. The van der Waals surface area contributed by atoms with Crippen LogP contribution in [0.1, 0.15) is 19.3 Å². The Kier molecular flexibility index (Phi) is 1.55. The molecule has 1 aliphatic rings. The molecule has 0 atom stereocenters. The Hall–Kier alpha value is -1.52. The Morgan fingerprint density at radius 2 is 2.38 bits per heavy atom. The van der Waals surface area contributed by atoms with E-state index in [9.17, 15) is 9.59 Å². The van der Waals surface area contributed by atoms with Crippen molar-refractivity contribution in [3.63, 3.8) is 0 Å². The van der Waals surface area contributed by atoms with Gasteiger partial charge in [-0.25, -0.2) is 4.79 Å². The summed E-state index contributed by atoms with van der Waals surface area (Å²) in [7, 11) is 0. The number of nitrogens with one attached hydrogen (secondary N) is 1. The number of aromatic nitrogens is 2. The fourth-order valence-corrected chi connectivity index (χ4v) is 1.62. The van der Waals surface area contributed by atoms with Gasteiger partial charge >= 0.3 is 11.7 Å². The Labute approximate surface area is 74.0 Å². The SMILES string of the molecule is O=C(O)CC1(n2cc[nH]c2=O)CC1. The van der Waals surface area contributed by atoms with Crippen LogP contribution in [0.3, 0.4) is 0 Å². The van der Waals surface area contributed by atoms with Crippen molar-refractivity contribution in [3.05, 3.63) is 22.9 Å². The maximum atomic E-state index is 11.2. The first-order valence-corrected chi connectivity index (χ1v) is 4.12. The van der Waals surface area contributed by atoms with Crippen molar-refractivity contribution >= 4 is 5.97 Å². The van der Waals surface area contributed by atoms with Crippen LogP contribution in [0, 0.1) is 0 Å². The molecule has 0 amide bonds. The maximum absolute atomic E-state index is 11.2. The van der Waals surface area contributed by atoms with Crippen LogP contribution in [0.4, 0.5) is 0 Å². The molecule has 1 aromatic heterocycles. The fourth-order valence-electron chi connectivity index (χ4n) is 1.62. The Morgan fingerprint density at radius 3 is 2.77 bits per heavy atom. The van der Waals surface area contributed by atoms with Gasteiger partial charge < -0.3 is 10.1 Å². The highest BCUT2D eigenvalue weighted by molar-refractivity contribution is 5.68. The molecule has 0 unspecified atom stereocenters. The fraction of sp³-hybridized carbons (Fsp3) is 0.500. The van der Waals surface area contributed by atoms with Crippen LogP contribution in [-0.4, -0.2) is 20.6 Å². The van der Waals surface area contributed by atoms with Gasteiger partial charge in [0.1, 0.15) is 0 Å². The second kappa shape index (κ2) is 2.48. The van der Waals surface area contributed by atoms with E-state index in [1.807, 2.05) is 0 Å². The molecule has 1 aromatic rings. The quantitative estimate of drug-likeness (QED) is 0.698. The summed E-state index contributed by atoms with van der Waals surface area (Å²) in [6, 6.07) is 0. The lowest BCUT2D eigenvalue weighted by atomic mass is 10.2.